The molecule has 1 aliphatic carbocycles. The minimum atomic E-state index is -0.00327. The van der Waals surface area contributed by atoms with Crippen LogP contribution in [0.5, 0.6) is 0 Å². The minimum absolute atomic E-state index is 0.00327. The molecule has 3 heterocycles. The van der Waals surface area contributed by atoms with Crippen LogP contribution in [0.15, 0.2) is 43.2 Å². The molecule has 0 unspecified atom stereocenters. The second-order valence-electron chi connectivity index (χ2n) is 11.1. The van der Waals surface area contributed by atoms with Crippen LogP contribution in [0.2, 0.25) is 0 Å². The molecular weight excluding hydrogens is 476 g/mol. The van der Waals surface area contributed by atoms with Crippen LogP contribution in [0.3, 0.4) is 0 Å². The van der Waals surface area contributed by atoms with Crippen LogP contribution in [-0.4, -0.2) is 81.5 Å². The lowest BCUT2D eigenvalue weighted by Crippen LogP contribution is -2.45. The van der Waals surface area contributed by atoms with Gasteiger partial charge < -0.3 is 24.6 Å². The standard InChI is InChI=1S/C29H40N8O/c1-6-26(38)35(5)24-17-21(18-24)7-12-25-32-28(27-29(33-25)37(19-30-27)20(2)3)31-22-8-10-23(11-9-22)36-15-13-34(4)14-16-36/h6,8-11,19-21,24H,1,7,12-18H2,2-5H3,(H,31,32,33). The summed E-state index contributed by atoms with van der Waals surface area (Å²) in [6.45, 7) is 12.2. The molecule has 0 atom stereocenters. The van der Waals surface area contributed by atoms with E-state index < -0.39 is 0 Å². The molecule has 38 heavy (non-hydrogen) atoms. The quantitative estimate of drug-likeness (QED) is 0.426. The van der Waals surface area contributed by atoms with Gasteiger partial charge in [0.1, 0.15) is 5.82 Å². The normalized spacial score (nSPS) is 20.0. The number of carbonyl (C=O) groups is 1. The van der Waals surface area contributed by atoms with E-state index in [0.29, 0.717) is 12.0 Å². The Hall–Kier alpha value is -3.46. The van der Waals surface area contributed by atoms with Gasteiger partial charge in [-0.25, -0.2) is 15.0 Å². The van der Waals surface area contributed by atoms with Crippen LogP contribution in [0, 0.1) is 5.92 Å². The first-order chi connectivity index (χ1) is 18.3. The highest BCUT2D eigenvalue weighted by Gasteiger charge is 2.33. The number of fused-ring (bicyclic) bond motifs is 1. The van der Waals surface area contributed by atoms with Crippen LogP contribution in [-0.2, 0) is 11.2 Å². The average Bonchev–Trinajstić information content (AvgIpc) is 3.33. The van der Waals surface area contributed by atoms with E-state index in [2.05, 4.69) is 76.4 Å². The summed E-state index contributed by atoms with van der Waals surface area (Å²) in [4.78, 5) is 33.0. The van der Waals surface area contributed by atoms with Crippen molar-refractivity contribution in [2.75, 3.05) is 50.5 Å². The second kappa shape index (κ2) is 11.1. The van der Waals surface area contributed by atoms with Crippen molar-refractivity contribution >= 4 is 34.3 Å². The molecule has 1 saturated carbocycles. The Kier molecular flexibility index (Phi) is 7.65. The van der Waals surface area contributed by atoms with Crippen molar-refractivity contribution in [2.45, 2.75) is 51.6 Å². The number of amides is 1. The van der Waals surface area contributed by atoms with E-state index in [0.717, 1.165) is 80.4 Å². The monoisotopic (exact) mass is 516 g/mol. The number of aryl methyl sites for hydroxylation is 1. The molecule has 9 heteroatoms. The first-order valence-electron chi connectivity index (χ1n) is 13.8. The maximum absolute atomic E-state index is 11.9. The predicted octanol–water partition coefficient (Wildman–Crippen LogP) is 4.26. The number of nitrogens with one attached hydrogen (secondary N) is 1. The fourth-order valence-electron chi connectivity index (χ4n) is 5.41. The molecule has 0 radical (unpaired) electrons. The molecule has 0 spiro atoms. The first-order valence-corrected chi connectivity index (χ1v) is 13.8. The lowest BCUT2D eigenvalue weighted by atomic mass is 9.76. The van der Waals surface area contributed by atoms with Gasteiger partial charge in [0.15, 0.2) is 17.0 Å². The number of imidazole rings is 1. The van der Waals surface area contributed by atoms with E-state index >= 15 is 0 Å². The maximum atomic E-state index is 11.9. The Bertz CT molecular complexity index is 1270. The second-order valence-corrected chi connectivity index (χ2v) is 11.1. The van der Waals surface area contributed by atoms with Gasteiger partial charge in [0, 0.05) is 63.1 Å². The van der Waals surface area contributed by atoms with Crippen LogP contribution >= 0.6 is 0 Å². The molecule has 1 aromatic carbocycles. The van der Waals surface area contributed by atoms with Crippen molar-refractivity contribution in [1.29, 1.82) is 0 Å². The SMILES string of the molecule is C=CC(=O)N(C)C1CC(CCc2nc(Nc3ccc(N4CCN(C)CC4)cc3)c3ncn(C(C)C)c3n2)C1. The predicted molar refractivity (Wildman–Crippen MR) is 153 cm³/mol. The van der Waals surface area contributed by atoms with E-state index in [-0.39, 0.29) is 11.9 Å². The highest BCUT2D eigenvalue weighted by Crippen LogP contribution is 2.35. The van der Waals surface area contributed by atoms with E-state index in [9.17, 15) is 4.79 Å². The number of benzene rings is 1. The summed E-state index contributed by atoms with van der Waals surface area (Å²) >= 11 is 0. The van der Waals surface area contributed by atoms with E-state index in [1.165, 1.54) is 11.8 Å². The number of nitrogens with zero attached hydrogens (tertiary/aromatic N) is 7. The topological polar surface area (TPSA) is 82.4 Å². The van der Waals surface area contributed by atoms with Crippen molar-refractivity contribution in [3.05, 3.63) is 49.1 Å². The fraction of sp³-hybridized carbons (Fsp3) is 0.517. The van der Waals surface area contributed by atoms with Crippen LogP contribution in [0.1, 0.15) is 45.0 Å². The Labute approximate surface area is 225 Å². The highest BCUT2D eigenvalue weighted by molar-refractivity contribution is 5.87. The minimum Gasteiger partial charge on any atom is -0.369 e. The summed E-state index contributed by atoms with van der Waals surface area (Å²) in [6.07, 6.45) is 7.10. The number of hydrogen-bond acceptors (Lipinski definition) is 7. The number of aromatic nitrogens is 4. The molecule has 202 valence electrons. The lowest BCUT2D eigenvalue weighted by molar-refractivity contribution is -0.129. The zero-order valence-corrected chi connectivity index (χ0v) is 23.1. The first kappa shape index (κ1) is 26.2. The van der Waals surface area contributed by atoms with Crippen LogP contribution in [0.25, 0.3) is 11.2 Å². The molecule has 1 aliphatic heterocycles. The lowest BCUT2D eigenvalue weighted by Gasteiger charge is -2.41. The van der Waals surface area contributed by atoms with Gasteiger partial charge in [-0.05, 0) is 76.4 Å². The van der Waals surface area contributed by atoms with Crippen molar-refractivity contribution in [2.24, 2.45) is 5.92 Å². The van der Waals surface area contributed by atoms with Gasteiger partial charge in [0.05, 0.1) is 6.33 Å². The third-order valence-electron chi connectivity index (χ3n) is 8.08. The summed E-state index contributed by atoms with van der Waals surface area (Å²) in [5, 5.41) is 3.53. The van der Waals surface area contributed by atoms with Gasteiger partial charge in [-0.3, -0.25) is 4.79 Å². The van der Waals surface area contributed by atoms with Crippen molar-refractivity contribution in [1.82, 2.24) is 29.3 Å². The number of hydrogen-bond donors (Lipinski definition) is 1. The average molecular weight is 517 g/mol. The molecule has 0 bridgehead atoms. The molecule has 2 aromatic heterocycles. The number of piperazine rings is 1. The Morgan fingerprint density at radius 1 is 1.16 bits per heavy atom. The summed E-state index contributed by atoms with van der Waals surface area (Å²) < 4.78 is 2.11. The molecule has 9 nitrogen and oxygen atoms in total. The third-order valence-corrected chi connectivity index (χ3v) is 8.08. The molecule has 3 aromatic rings. The number of rotatable bonds is 9. The molecule has 2 fully saturated rings. The van der Waals surface area contributed by atoms with Crippen LogP contribution < -0.4 is 10.2 Å². The van der Waals surface area contributed by atoms with Crippen LogP contribution in [0.4, 0.5) is 17.2 Å². The van der Waals surface area contributed by atoms with Crippen molar-refractivity contribution < 1.29 is 4.79 Å². The van der Waals surface area contributed by atoms with Gasteiger partial charge in [-0.15, -0.1) is 0 Å². The summed E-state index contributed by atoms with van der Waals surface area (Å²) in [7, 11) is 4.04. The molecule has 1 N–H and O–H groups in total. The molecular formula is C29H40N8O. The van der Waals surface area contributed by atoms with Gasteiger partial charge in [-0.1, -0.05) is 6.58 Å². The Morgan fingerprint density at radius 2 is 1.87 bits per heavy atom. The highest BCUT2D eigenvalue weighted by atomic mass is 16.2. The summed E-state index contributed by atoms with van der Waals surface area (Å²) in [5.41, 5.74) is 3.90. The molecule has 1 amide bonds. The maximum Gasteiger partial charge on any atom is 0.245 e. The van der Waals surface area contributed by atoms with Gasteiger partial charge in [0.25, 0.3) is 0 Å². The Morgan fingerprint density at radius 3 is 2.53 bits per heavy atom. The van der Waals surface area contributed by atoms with E-state index in [1.54, 1.807) is 0 Å². The number of likely N-dealkylation sites (N-methyl/N-ethyl adjacent to an activating group) is 2. The zero-order chi connectivity index (χ0) is 26.8. The van der Waals surface area contributed by atoms with Gasteiger partial charge >= 0.3 is 0 Å². The summed E-state index contributed by atoms with van der Waals surface area (Å²) in [5.74, 6) is 2.15. The van der Waals surface area contributed by atoms with E-state index in [4.69, 9.17) is 9.97 Å². The van der Waals surface area contributed by atoms with Crippen molar-refractivity contribution in [3.63, 3.8) is 0 Å². The third kappa shape index (κ3) is 5.53. The molecule has 5 rings (SSSR count). The largest absolute Gasteiger partial charge is 0.369 e. The van der Waals surface area contributed by atoms with Gasteiger partial charge in [-0.2, -0.15) is 0 Å². The van der Waals surface area contributed by atoms with Gasteiger partial charge in [0.2, 0.25) is 5.91 Å². The van der Waals surface area contributed by atoms with Crippen molar-refractivity contribution in [3.8, 4) is 0 Å². The summed E-state index contributed by atoms with van der Waals surface area (Å²) in [6, 6.07) is 9.17. The Balaban J connectivity index is 1.30. The smallest absolute Gasteiger partial charge is 0.245 e. The molecule has 1 saturated heterocycles. The zero-order valence-electron chi connectivity index (χ0n) is 23.1. The fourth-order valence-corrected chi connectivity index (χ4v) is 5.41. The van der Waals surface area contributed by atoms with E-state index in [1.807, 2.05) is 18.3 Å². The molecule has 2 aliphatic rings. The number of anilines is 3. The number of carbonyl (C=O) groups excluding carboxylic acids is 1.